The SMILES string of the molecule is Cl.NCC1CCCC1NC(=O)c1cc(Cl)ccc1OC(F)F. The largest absolute Gasteiger partial charge is 0.434 e. The lowest BCUT2D eigenvalue weighted by Gasteiger charge is -2.20. The Bertz CT molecular complexity index is 518. The van der Waals surface area contributed by atoms with Gasteiger partial charge in [-0.1, -0.05) is 18.0 Å². The number of halogens is 4. The van der Waals surface area contributed by atoms with Gasteiger partial charge in [0, 0.05) is 11.1 Å². The number of ether oxygens (including phenoxy) is 1. The number of carbonyl (C=O) groups is 1. The molecule has 2 unspecified atom stereocenters. The molecule has 0 radical (unpaired) electrons. The van der Waals surface area contributed by atoms with Crippen LogP contribution in [0.3, 0.4) is 0 Å². The van der Waals surface area contributed by atoms with Crippen molar-refractivity contribution in [1.82, 2.24) is 5.32 Å². The molecule has 22 heavy (non-hydrogen) atoms. The third kappa shape index (κ3) is 4.69. The predicted molar refractivity (Wildman–Crippen MR) is 83.0 cm³/mol. The zero-order chi connectivity index (χ0) is 15.4. The van der Waals surface area contributed by atoms with Crippen LogP contribution in [0.4, 0.5) is 8.78 Å². The summed E-state index contributed by atoms with van der Waals surface area (Å²) in [4.78, 5) is 12.3. The Balaban J connectivity index is 0.00000242. The topological polar surface area (TPSA) is 64.3 Å². The minimum atomic E-state index is -3.00. The van der Waals surface area contributed by atoms with Crippen molar-refractivity contribution in [2.45, 2.75) is 31.9 Å². The maximum atomic E-state index is 12.4. The van der Waals surface area contributed by atoms with Crippen molar-refractivity contribution in [2.24, 2.45) is 11.7 Å². The molecule has 0 saturated heterocycles. The first-order valence-corrected chi connectivity index (χ1v) is 7.14. The van der Waals surface area contributed by atoms with E-state index in [9.17, 15) is 13.6 Å². The average Bonchev–Trinajstić information content (AvgIpc) is 2.87. The summed E-state index contributed by atoms with van der Waals surface area (Å²) < 4.78 is 29.1. The van der Waals surface area contributed by atoms with E-state index in [-0.39, 0.29) is 40.7 Å². The lowest BCUT2D eigenvalue weighted by molar-refractivity contribution is -0.0501. The normalized spacial score (nSPS) is 20.6. The van der Waals surface area contributed by atoms with Crippen LogP contribution in [-0.2, 0) is 0 Å². The molecular weight excluding hydrogens is 337 g/mol. The minimum Gasteiger partial charge on any atom is -0.434 e. The fourth-order valence-electron chi connectivity index (χ4n) is 2.63. The Morgan fingerprint density at radius 1 is 1.45 bits per heavy atom. The third-order valence-electron chi connectivity index (χ3n) is 3.68. The second kappa shape index (κ2) is 8.50. The molecule has 1 aromatic carbocycles. The molecule has 1 aliphatic rings. The van der Waals surface area contributed by atoms with E-state index in [0.717, 1.165) is 19.3 Å². The van der Waals surface area contributed by atoms with Gasteiger partial charge in [0.2, 0.25) is 0 Å². The monoisotopic (exact) mass is 354 g/mol. The highest BCUT2D eigenvalue weighted by Gasteiger charge is 2.28. The van der Waals surface area contributed by atoms with Crippen molar-refractivity contribution in [3.8, 4) is 5.75 Å². The smallest absolute Gasteiger partial charge is 0.387 e. The summed E-state index contributed by atoms with van der Waals surface area (Å²) in [6.45, 7) is -2.51. The highest BCUT2D eigenvalue weighted by molar-refractivity contribution is 6.31. The Labute approximate surface area is 138 Å². The number of nitrogens with one attached hydrogen (secondary N) is 1. The summed E-state index contributed by atoms with van der Waals surface area (Å²) in [6.07, 6.45) is 2.78. The van der Waals surface area contributed by atoms with Crippen molar-refractivity contribution < 1.29 is 18.3 Å². The van der Waals surface area contributed by atoms with E-state index in [4.69, 9.17) is 17.3 Å². The van der Waals surface area contributed by atoms with Crippen molar-refractivity contribution in [1.29, 1.82) is 0 Å². The van der Waals surface area contributed by atoms with Gasteiger partial charge in [-0.15, -0.1) is 12.4 Å². The predicted octanol–water partition coefficient (Wildman–Crippen LogP) is 3.22. The molecule has 1 amide bonds. The number of alkyl halides is 2. The number of benzene rings is 1. The molecule has 0 bridgehead atoms. The Hall–Kier alpha value is -1.11. The van der Waals surface area contributed by atoms with Crippen LogP contribution in [0.25, 0.3) is 0 Å². The average molecular weight is 355 g/mol. The second-order valence-electron chi connectivity index (χ2n) is 5.03. The van der Waals surface area contributed by atoms with Crippen LogP contribution in [0.1, 0.15) is 29.6 Å². The number of amides is 1. The summed E-state index contributed by atoms with van der Waals surface area (Å²) in [5.74, 6) is -0.444. The summed E-state index contributed by atoms with van der Waals surface area (Å²) in [6, 6.07) is 3.94. The Kier molecular flexibility index (Phi) is 7.32. The summed E-state index contributed by atoms with van der Waals surface area (Å²) in [5, 5.41) is 3.12. The lowest BCUT2D eigenvalue weighted by Crippen LogP contribution is -2.40. The number of rotatable bonds is 5. The molecule has 4 nitrogen and oxygen atoms in total. The molecule has 8 heteroatoms. The van der Waals surface area contributed by atoms with E-state index < -0.39 is 12.5 Å². The van der Waals surface area contributed by atoms with E-state index in [1.807, 2.05) is 0 Å². The summed E-state index contributed by atoms with van der Waals surface area (Å²) >= 11 is 5.83. The van der Waals surface area contributed by atoms with E-state index >= 15 is 0 Å². The zero-order valence-electron chi connectivity index (χ0n) is 11.7. The van der Waals surface area contributed by atoms with Gasteiger partial charge in [0.15, 0.2) is 0 Å². The van der Waals surface area contributed by atoms with Crippen LogP contribution < -0.4 is 15.8 Å². The number of nitrogens with two attached hydrogens (primary N) is 1. The van der Waals surface area contributed by atoms with Crippen molar-refractivity contribution >= 4 is 29.9 Å². The third-order valence-corrected chi connectivity index (χ3v) is 3.92. The van der Waals surface area contributed by atoms with Gasteiger partial charge in [0.25, 0.3) is 5.91 Å². The van der Waals surface area contributed by atoms with E-state index in [2.05, 4.69) is 10.1 Å². The quantitative estimate of drug-likeness (QED) is 0.853. The molecule has 1 fully saturated rings. The maximum Gasteiger partial charge on any atom is 0.387 e. The van der Waals surface area contributed by atoms with Crippen LogP contribution >= 0.6 is 24.0 Å². The standard InChI is InChI=1S/C14H17ClF2N2O2.ClH/c15-9-4-5-12(21-14(16)17)10(6-9)13(20)19-11-3-1-2-8(11)7-18;/h4-6,8,11,14H,1-3,7,18H2,(H,19,20);1H. The van der Waals surface area contributed by atoms with Crippen LogP contribution in [0.2, 0.25) is 5.02 Å². The number of hydrogen-bond donors (Lipinski definition) is 2. The molecule has 2 atom stereocenters. The zero-order valence-corrected chi connectivity index (χ0v) is 13.3. The van der Waals surface area contributed by atoms with Crippen LogP contribution in [-0.4, -0.2) is 25.1 Å². The van der Waals surface area contributed by atoms with Crippen molar-refractivity contribution in [2.75, 3.05) is 6.54 Å². The number of carbonyl (C=O) groups excluding carboxylic acids is 1. The van der Waals surface area contributed by atoms with E-state index in [0.29, 0.717) is 6.54 Å². The first kappa shape index (κ1) is 18.9. The molecule has 0 spiro atoms. The van der Waals surface area contributed by atoms with E-state index in [1.165, 1.54) is 18.2 Å². The van der Waals surface area contributed by atoms with Crippen LogP contribution in [0.5, 0.6) is 5.75 Å². The van der Waals surface area contributed by atoms with Crippen LogP contribution in [0, 0.1) is 5.92 Å². The molecular formula is C14H18Cl2F2N2O2. The highest BCUT2D eigenvalue weighted by Crippen LogP contribution is 2.28. The molecule has 0 aromatic heterocycles. The Morgan fingerprint density at radius 3 is 2.82 bits per heavy atom. The van der Waals surface area contributed by atoms with Crippen molar-refractivity contribution in [3.05, 3.63) is 28.8 Å². The van der Waals surface area contributed by atoms with Gasteiger partial charge in [-0.3, -0.25) is 4.79 Å². The van der Waals surface area contributed by atoms with Crippen LogP contribution in [0.15, 0.2) is 18.2 Å². The maximum absolute atomic E-state index is 12.4. The Morgan fingerprint density at radius 2 is 2.18 bits per heavy atom. The summed E-state index contributed by atoms with van der Waals surface area (Å²) in [7, 11) is 0. The fourth-order valence-corrected chi connectivity index (χ4v) is 2.81. The molecule has 0 heterocycles. The fraction of sp³-hybridized carbons (Fsp3) is 0.500. The van der Waals surface area contributed by atoms with Gasteiger partial charge in [0.05, 0.1) is 5.56 Å². The second-order valence-corrected chi connectivity index (χ2v) is 5.46. The van der Waals surface area contributed by atoms with Gasteiger partial charge in [-0.05, 0) is 43.5 Å². The van der Waals surface area contributed by atoms with Gasteiger partial charge in [-0.25, -0.2) is 0 Å². The van der Waals surface area contributed by atoms with Gasteiger partial charge >= 0.3 is 6.61 Å². The molecule has 0 aliphatic heterocycles. The van der Waals surface area contributed by atoms with Gasteiger partial charge < -0.3 is 15.8 Å². The molecule has 1 saturated carbocycles. The first-order chi connectivity index (χ1) is 10.0. The highest BCUT2D eigenvalue weighted by atomic mass is 35.5. The van der Waals surface area contributed by atoms with Crippen molar-refractivity contribution in [3.63, 3.8) is 0 Å². The molecule has 3 N–H and O–H groups in total. The van der Waals surface area contributed by atoms with Gasteiger partial charge in [-0.2, -0.15) is 8.78 Å². The van der Waals surface area contributed by atoms with Gasteiger partial charge in [0.1, 0.15) is 5.75 Å². The summed E-state index contributed by atoms with van der Waals surface area (Å²) in [5.41, 5.74) is 5.67. The molecule has 124 valence electrons. The first-order valence-electron chi connectivity index (χ1n) is 6.76. The minimum absolute atomic E-state index is 0. The molecule has 2 rings (SSSR count). The number of hydrogen-bond acceptors (Lipinski definition) is 3. The van der Waals surface area contributed by atoms with E-state index in [1.54, 1.807) is 0 Å². The molecule has 1 aromatic rings. The lowest BCUT2D eigenvalue weighted by atomic mass is 10.0. The molecule has 1 aliphatic carbocycles.